The molecule has 2 aromatic heterocycles. The minimum absolute atomic E-state index is 0.113. The Morgan fingerprint density at radius 1 is 1.32 bits per heavy atom. The van der Waals surface area contributed by atoms with Gasteiger partial charge in [0.2, 0.25) is 5.91 Å². The Morgan fingerprint density at radius 3 is 2.82 bits per heavy atom. The van der Waals surface area contributed by atoms with Gasteiger partial charge in [-0.15, -0.1) is 0 Å². The average molecular weight is 377 g/mol. The van der Waals surface area contributed by atoms with Crippen LogP contribution in [0.1, 0.15) is 48.5 Å². The van der Waals surface area contributed by atoms with E-state index in [0.29, 0.717) is 18.3 Å². The zero-order valence-electron chi connectivity index (χ0n) is 16.6. The monoisotopic (exact) mass is 377 g/mol. The predicted molar refractivity (Wildman–Crippen MR) is 111 cm³/mol. The summed E-state index contributed by atoms with van der Waals surface area (Å²) in [4.78, 5) is 21.3. The zero-order valence-corrected chi connectivity index (χ0v) is 16.6. The van der Waals surface area contributed by atoms with Crippen molar-refractivity contribution in [1.82, 2.24) is 19.9 Å². The first-order valence-electron chi connectivity index (χ1n) is 9.89. The first-order valence-corrected chi connectivity index (χ1v) is 9.89. The van der Waals surface area contributed by atoms with E-state index >= 15 is 0 Å². The lowest BCUT2D eigenvalue weighted by Crippen LogP contribution is -2.27. The van der Waals surface area contributed by atoms with Gasteiger partial charge in [0.25, 0.3) is 0 Å². The molecule has 146 valence electrons. The maximum Gasteiger partial charge on any atom is 0.223 e. The molecule has 1 amide bonds. The Bertz CT molecular complexity index is 1010. The molecule has 6 heteroatoms. The first kappa shape index (κ1) is 18.5. The van der Waals surface area contributed by atoms with Crippen molar-refractivity contribution in [2.45, 2.75) is 45.6 Å². The fourth-order valence-electron chi connectivity index (χ4n) is 3.97. The molecule has 1 aliphatic carbocycles. The van der Waals surface area contributed by atoms with Crippen molar-refractivity contribution in [2.24, 2.45) is 5.92 Å². The first-order chi connectivity index (χ1) is 13.5. The number of carbonyl (C=O) groups excluding carboxylic acids is 1. The van der Waals surface area contributed by atoms with Crippen LogP contribution in [-0.4, -0.2) is 27.0 Å². The number of aromatic nitrogens is 3. The summed E-state index contributed by atoms with van der Waals surface area (Å²) in [5.74, 6) is 1.12. The highest BCUT2D eigenvalue weighted by Crippen LogP contribution is 2.47. The molecule has 3 aromatic rings. The summed E-state index contributed by atoms with van der Waals surface area (Å²) in [6.07, 6.45) is 3.61. The standard InChI is InChI=1S/C22H27N5O/c1-13(27-12-25-19-20(27)14(2)15(3)26-21(19)23)9-10-24-22(28)18-11-17(18)16-7-5-4-6-8-16/h4-8,12-13,17-18H,9-11H2,1-3H3,(H2,23,26)(H,24,28). The molecule has 28 heavy (non-hydrogen) atoms. The highest BCUT2D eigenvalue weighted by atomic mass is 16.2. The van der Waals surface area contributed by atoms with Crippen molar-refractivity contribution < 1.29 is 4.79 Å². The van der Waals surface area contributed by atoms with Gasteiger partial charge < -0.3 is 15.6 Å². The molecule has 0 bridgehead atoms. The number of nitrogen functional groups attached to an aromatic ring is 1. The Hall–Kier alpha value is -2.89. The van der Waals surface area contributed by atoms with Gasteiger partial charge in [0.05, 0.1) is 11.8 Å². The third kappa shape index (κ3) is 3.35. The number of rotatable bonds is 6. The summed E-state index contributed by atoms with van der Waals surface area (Å²) in [6.45, 7) is 6.80. The van der Waals surface area contributed by atoms with Crippen LogP contribution in [0, 0.1) is 19.8 Å². The second-order valence-electron chi connectivity index (χ2n) is 7.84. The van der Waals surface area contributed by atoms with Crippen LogP contribution < -0.4 is 11.1 Å². The summed E-state index contributed by atoms with van der Waals surface area (Å²) in [7, 11) is 0. The highest BCUT2D eigenvalue weighted by Gasteiger charge is 2.43. The molecule has 0 aliphatic heterocycles. The molecular formula is C22H27N5O. The van der Waals surface area contributed by atoms with Gasteiger partial charge in [0.1, 0.15) is 5.52 Å². The zero-order chi connectivity index (χ0) is 19.8. The van der Waals surface area contributed by atoms with Crippen LogP contribution in [0.2, 0.25) is 0 Å². The van der Waals surface area contributed by atoms with E-state index in [2.05, 4.69) is 38.9 Å². The van der Waals surface area contributed by atoms with Crippen molar-refractivity contribution in [2.75, 3.05) is 12.3 Å². The van der Waals surface area contributed by atoms with Gasteiger partial charge in [-0.2, -0.15) is 0 Å². The number of nitrogens with zero attached hydrogens (tertiary/aromatic N) is 3. The summed E-state index contributed by atoms with van der Waals surface area (Å²) < 4.78 is 2.14. The number of nitrogens with one attached hydrogen (secondary N) is 1. The molecule has 1 fully saturated rings. The molecule has 6 nitrogen and oxygen atoms in total. The van der Waals surface area contributed by atoms with Crippen LogP contribution >= 0.6 is 0 Å². The summed E-state index contributed by atoms with van der Waals surface area (Å²) in [6, 6.07) is 10.5. The molecule has 0 radical (unpaired) electrons. The number of hydrogen-bond acceptors (Lipinski definition) is 4. The molecule has 1 aromatic carbocycles. The Labute approximate surface area is 165 Å². The second-order valence-corrected chi connectivity index (χ2v) is 7.84. The third-order valence-electron chi connectivity index (χ3n) is 5.91. The van der Waals surface area contributed by atoms with Gasteiger partial charge in [0, 0.05) is 24.2 Å². The van der Waals surface area contributed by atoms with Crippen molar-refractivity contribution in [3.8, 4) is 0 Å². The van der Waals surface area contributed by atoms with Gasteiger partial charge in [-0.3, -0.25) is 4.79 Å². The van der Waals surface area contributed by atoms with Gasteiger partial charge in [-0.1, -0.05) is 30.3 Å². The van der Waals surface area contributed by atoms with E-state index in [-0.39, 0.29) is 17.9 Å². The summed E-state index contributed by atoms with van der Waals surface area (Å²) in [5.41, 5.74) is 11.1. The molecule has 0 saturated heterocycles. The lowest BCUT2D eigenvalue weighted by atomic mass is 10.1. The number of aryl methyl sites for hydroxylation is 2. The van der Waals surface area contributed by atoms with Gasteiger partial charge in [0.15, 0.2) is 5.82 Å². The van der Waals surface area contributed by atoms with Crippen LogP contribution in [0.25, 0.3) is 11.0 Å². The van der Waals surface area contributed by atoms with Gasteiger partial charge in [-0.25, -0.2) is 9.97 Å². The molecule has 1 saturated carbocycles. The highest BCUT2D eigenvalue weighted by molar-refractivity contribution is 5.88. The number of imidazole rings is 1. The number of hydrogen-bond donors (Lipinski definition) is 2. The number of anilines is 1. The maximum absolute atomic E-state index is 12.5. The van der Waals surface area contributed by atoms with E-state index in [4.69, 9.17) is 5.73 Å². The van der Waals surface area contributed by atoms with E-state index in [1.54, 1.807) is 0 Å². The van der Waals surface area contributed by atoms with E-state index in [1.807, 2.05) is 38.4 Å². The van der Waals surface area contributed by atoms with E-state index < -0.39 is 0 Å². The van der Waals surface area contributed by atoms with Crippen LogP contribution in [0.3, 0.4) is 0 Å². The Balaban J connectivity index is 1.36. The second kappa shape index (κ2) is 7.26. The minimum atomic E-state index is 0.113. The minimum Gasteiger partial charge on any atom is -0.382 e. The maximum atomic E-state index is 12.5. The van der Waals surface area contributed by atoms with Crippen LogP contribution in [-0.2, 0) is 4.79 Å². The van der Waals surface area contributed by atoms with Crippen molar-refractivity contribution >= 4 is 22.8 Å². The quantitative estimate of drug-likeness (QED) is 0.688. The predicted octanol–water partition coefficient (Wildman–Crippen LogP) is 3.50. The topological polar surface area (TPSA) is 85.8 Å². The lowest BCUT2D eigenvalue weighted by molar-refractivity contribution is -0.122. The fourth-order valence-corrected chi connectivity index (χ4v) is 3.97. The molecule has 4 rings (SSSR count). The Morgan fingerprint density at radius 2 is 2.07 bits per heavy atom. The van der Waals surface area contributed by atoms with Gasteiger partial charge >= 0.3 is 0 Å². The van der Waals surface area contributed by atoms with Crippen molar-refractivity contribution in [3.05, 3.63) is 53.5 Å². The number of amides is 1. The van der Waals surface area contributed by atoms with Crippen molar-refractivity contribution in [3.63, 3.8) is 0 Å². The number of carbonyl (C=O) groups is 1. The Kier molecular flexibility index (Phi) is 4.79. The molecule has 3 unspecified atom stereocenters. The summed E-state index contributed by atoms with van der Waals surface area (Å²) in [5, 5.41) is 3.11. The lowest BCUT2D eigenvalue weighted by Gasteiger charge is -2.16. The molecule has 3 N–H and O–H groups in total. The third-order valence-corrected chi connectivity index (χ3v) is 5.91. The van der Waals surface area contributed by atoms with E-state index in [0.717, 1.165) is 35.1 Å². The smallest absolute Gasteiger partial charge is 0.223 e. The van der Waals surface area contributed by atoms with Crippen LogP contribution in [0.5, 0.6) is 0 Å². The average Bonchev–Trinajstić information content (AvgIpc) is 3.37. The number of benzene rings is 1. The normalized spacial score (nSPS) is 19.5. The number of fused-ring (bicyclic) bond motifs is 1. The van der Waals surface area contributed by atoms with E-state index in [1.165, 1.54) is 5.56 Å². The number of pyridine rings is 1. The van der Waals surface area contributed by atoms with E-state index in [9.17, 15) is 4.79 Å². The molecular weight excluding hydrogens is 350 g/mol. The summed E-state index contributed by atoms with van der Waals surface area (Å²) >= 11 is 0. The number of nitrogens with two attached hydrogens (primary N) is 1. The largest absolute Gasteiger partial charge is 0.382 e. The molecule has 3 atom stereocenters. The van der Waals surface area contributed by atoms with Crippen LogP contribution in [0.4, 0.5) is 5.82 Å². The van der Waals surface area contributed by atoms with Crippen LogP contribution in [0.15, 0.2) is 36.7 Å². The molecule has 2 heterocycles. The van der Waals surface area contributed by atoms with Gasteiger partial charge in [-0.05, 0) is 50.7 Å². The molecule has 1 aliphatic rings. The molecule has 0 spiro atoms. The SMILES string of the molecule is Cc1nc(N)c2ncn(C(C)CCNC(=O)C3CC3c3ccccc3)c2c1C. The van der Waals surface area contributed by atoms with Crippen molar-refractivity contribution in [1.29, 1.82) is 0 Å². The fraction of sp³-hybridized carbons (Fsp3) is 0.409.